The standard InChI is InChI=1S/C16H16N2O4S/c1-11-16(19)18(2)14-10-12(8-9-15(14)22-11)17-23(20,21)13-6-4-3-5-7-13/h3-11,17H,1-2H3. The van der Waals surface area contributed by atoms with Crippen LogP contribution in [-0.4, -0.2) is 27.5 Å². The number of nitrogens with one attached hydrogen (secondary N) is 1. The number of sulfonamides is 1. The van der Waals surface area contributed by atoms with Crippen LogP contribution in [0.5, 0.6) is 5.75 Å². The van der Waals surface area contributed by atoms with Crippen LogP contribution in [0.2, 0.25) is 0 Å². The third-order valence-corrected chi connectivity index (χ3v) is 5.01. The van der Waals surface area contributed by atoms with Crippen molar-refractivity contribution in [1.29, 1.82) is 0 Å². The number of likely N-dealkylation sites (N-methyl/N-ethyl adjacent to an activating group) is 1. The topological polar surface area (TPSA) is 75.7 Å². The van der Waals surface area contributed by atoms with E-state index in [0.717, 1.165) is 0 Å². The molecule has 2 aromatic carbocycles. The smallest absolute Gasteiger partial charge is 0.267 e. The molecular formula is C16H16N2O4S. The van der Waals surface area contributed by atoms with E-state index in [1.165, 1.54) is 17.0 Å². The quantitative estimate of drug-likeness (QED) is 0.935. The minimum atomic E-state index is -3.68. The van der Waals surface area contributed by atoms with Gasteiger partial charge in [0.1, 0.15) is 5.75 Å². The third kappa shape index (κ3) is 2.87. The van der Waals surface area contributed by atoms with Crippen molar-refractivity contribution in [3.63, 3.8) is 0 Å². The summed E-state index contributed by atoms with van der Waals surface area (Å²) in [5.41, 5.74) is 0.895. The summed E-state index contributed by atoms with van der Waals surface area (Å²) in [6, 6.07) is 12.9. The van der Waals surface area contributed by atoms with E-state index < -0.39 is 16.1 Å². The van der Waals surface area contributed by atoms with E-state index in [1.807, 2.05) is 0 Å². The van der Waals surface area contributed by atoms with Crippen LogP contribution in [0.1, 0.15) is 6.92 Å². The highest BCUT2D eigenvalue weighted by Crippen LogP contribution is 2.35. The molecule has 0 saturated heterocycles. The molecule has 1 heterocycles. The van der Waals surface area contributed by atoms with E-state index >= 15 is 0 Å². The average molecular weight is 332 g/mol. The normalized spacial score (nSPS) is 17.4. The van der Waals surface area contributed by atoms with Crippen molar-refractivity contribution >= 4 is 27.3 Å². The summed E-state index contributed by atoms with van der Waals surface area (Å²) in [6.07, 6.45) is -0.556. The summed E-state index contributed by atoms with van der Waals surface area (Å²) in [7, 11) is -2.04. The number of nitrogens with zero attached hydrogens (tertiary/aromatic N) is 1. The van der Waals surface area contributed by atoms with Crippen molar-refractivity contribution in [2.24, 2.45) is 0 Å². The lowest BCUT2D eigenvalue weighted by atomic mass is 10.2. The first-order valence-electron chi connectivity index (χ1n) is 7.04. The predicted molar refractivity (Wildman–Crippen MR) is 87.2 cm³/mol. The maximum absolute atomic E-state index is 12.3. The number of benzene rings is 2. The molecule has 6 nitrogen and oxygen atoms in total. The van der Waals surface area contributed by atoms with Gasteiger partial charge in [0.15, 0.2) is 6.10 Å². The lowest BCUT2D eigenvalue weighted by Gasteiger charge is -2.30. The Hall–Kier alpha value is -2.54. The van der Waals surface area contributed by atoms with Crippen LogP contribution >= 0.6 is 0 Å². The van der Waals surface area contributed by atoms with E-state index in [1.54, 1.807) is 50.4 Å². The number of carbonyl (C=O) groups is 1. The highest BCUT2D eigenvalue weighted by Gasteiger charge is 2.29. The zero-order valence-electron chi connectivity index (χ0n) is 12.7. The maximum atomic E-state index is 12.3. The number of hydrogen-bond acceptors (Lipinski definition) is 4. The third-order valence-electron chi connectivity index (χ3n) is 3.61. The zero-order valence-corrected chi connectivity index (χ0v) is 13.5. The molecule has 0 bridgehead atoms. The van der Waals surface area contributed by atoms with Gasteiger partial charge in [0.05, 0.1) is 16.3 Å². The molecule has 0 aromatic heterocycles. The Morgan fingerprint density at radius 3 is 2.52 bits per heavy atom. The molecule has 0 aliphatic carbocycles. The highest BCUT2D eigenvalue weighted by atomic mass is 32.2. The van der Waals surface area contributed by atoms with Gasteiger partial charge >= 0.3 is 0 Å². The van der Waals surface area contributed by atoms with Crippen molar-refractivity contribution in [2.45, 2.75) is 17.9 Å². The molecule has 1 atom stereocenters. The highest BCUT2D eigenvalue weighted by molar-refractivity contribution is 7.92. The molecule has 1 amide bonds. The Labute approximate surface area is 134 Å². The second kappa shape index (κ2) is 5.58. The molecule has 0 fully saturated rings. The molecule has 3 rings (SSSR count). The van der Waals surface area contributed by atoms with Crippen LogP contribution in [0, 0.1) is 0 Å². The zero-order chi connectivity index (χ0) is 16.6. The molecule has 23 heavy (non-hydrogen) atoms. The summed E-state index contributed by atoms with van der Waals surface area (Å²) < 4.78 is 32.7. The molecule has 7 heteroatoms. The van der Waals surface area contributed by atoms with E-state index in [-0.39, 0.29) is 10.8 Å². The molecule has 0 saturated carbocycles. The molecule has 120 valence electrons. The molecule has 1 unspecified atom stereocenters. The van der Waals surface area contributed by atoms with Crippen LogP contribution in [0.25, 0.3) is 0 Å². The van der Waals surface area contributed by atoms with Gasteiger partial charge in [-0.2, -0.15) is 0 Å². The predicted octanol–water partition coefficient (Wildman–Crippen LogP) is 2.23. The number of anilines is 2. The van der Waals surface area contributed by atoms with Gasteiger partial charge in [0.2, 0.25) is 0 Å². The number of ether oxygens (including phenoxy) is 1. The number of hydrogen-bond donors (Lipinski definition) is 1. The summed E-state index contributed by atoms with van der Waals surface area (Å²) in [4.78, 5) is 13.6. The van der Waals surface area contributed by atoms with Crippen LogP contribution in [0.15, 0.2) is 53.4 Å². The number of rotatable bonds is 3. The van der Waals surface area contributed by atoms with Crippen molar-refractivity contribution < 1.29 is 17.9 Å². The van der Waals surface area contributed by atoms with Gasteiger partial charge in [0, 0.05) is 7.05 Å². The van der Waals surface area contributed by atoms with E-state index in [0.29, 0.717) is 17.1 Å². The van der Waals surface area contributed by atoms with Gasteiger partial charge < -0.3 is 9.64 Å². The minimum Gasteiger partial charge on any atom is -0.479 e. The fourth-order valence-corrected chi connectivity index (χ4v) is 3.46. The van der Waals surface area contributed by atoms with E-state index in [4.69, 9.17) is 4.74 Å². The van der Waals surface area contributed by atoms with Crippen LogP contribution in [0.4, 0.5) is 11.4 Å². The summed E-state index contributed by atoms with van der Waals surface area (Å²) >= 11 is 0. The first kappa shape index (κ1) is 15.4. The number of amides is 1. The summed E-state index contributed by atoms with van der Waals surface area (Å²) in [6.45, 7) is 1.67. The number of fused-ring (bicyclic) bond motifs is 1. The van der Waals surface area contributed by atoms with Crippen molar-refractivity contribution in [2.75, 3.05) is 16.7 Å². The maximum Gasteiger partial charge on any atom is 0.267 e. The van der Waals surface area contributed by atoms with Gasteiger partial charge in [-0.1, -0.05) is 18.2 Å². The average Bonchev–Trinajstić information content (AvgIpc) is 2.54. The Morgan fingerprint density at radius 1 is 1.13 bits per heavy atom. The minimum absolute atomic E-state index is 0.173. The first-order valence-corrected chi connectivity index (χ1v) is 8.53. The fourth-order valence-electron chi connectivity index (χ4n) is 2.39. The first-order chi connectivity index (χ1) is 10.9. The van der Waals surface area contributed by atoms with E-state index in [2.05, 4.69) is 4.72 Å². The van der Waals surface area contributed by atoms with Gasteiger partial charge in [-0.25, -0.2) is 8.42 Å². The molecule has 0 spiro atoms. The molecule has 1 N–H and O–H groups in total. The Bertz CT molecular complexity index is 850. The van der Waals surface area contributed by atoms with Crippen molar-refractivity contribution in [3.05, 3.63) is 48.5 Å². The molecule has 1 aliphatic heterocycles. The molecule has 1 aliphatic rings. The van der Waals surface area contributed by atoms with Gasteiger partial charge in [-0.15, -0.1) is 0 Å². The van der Waals surface area contributed by atoms with Crippen LogP contribution in [-0.2, 0) is 14.8 Å². The van der Waals surface area contributed by atoms with Crippen LogP contribution < -0.4 is 14.4 Å². The Morgan fingerprint density at radius 2 is 1.83 bits per heavy atom. The number of carbonyl (C=O) groups excluding carboxylic acids is 1. The molecular weight excluding hydrogens is 316 g/mol. The van der Waals surface area contributed by atoms with Gasteiger partial charge in [0.25, 0.3) is 15.9 Å². The molecule has 0 radical (unpaired) electrons. The van der Waals surface area contributed by atoms with Gasteiger partial charge in [-0.05, 0) is 37.3 Å². The SMILES string of the molecule is CC1Oc2ccc(NS(=O)(=O)c3ccccc3)cc2N(C)C1=O. The van der Waals surface area contributed by atoms with E-state index in [9.17, 15) is 13.2 Å². The Kier molecular flexibility index (Phi) is 3.73. The molecule has 2 aromatic rings. The summed E-state index contributed by atoms with van der Waals surface area (Å²) in [5.74, 6) is 0.364. The summed E-state index contributed by atoms with van der Waals surface area (Å²) in [5, 5.41) is 0. The second-order valence-corrected chi connectivity index (χ2v) is 6.94. The lowest BCUT2D eigenvalue weighted by Crippen LogP contribution is -2.41. The van der Waals surface area contributed by atoms with Gasteiger partial charge in [-0.3, -0.25) is 9.52 Å². The Balaban J connectivity index is 1.93. The van der Waals surface area contributed by atoms with Crippen LogP contribution in [0.3, 0.4) is 0 Å². The van der Waals surface area contributed by atoms with Crippen molar-refractivity contribution in [3.8, 4) is 5.75 Å². The lowest BCUT2D eigenvalue weighted by molar-refractivity contribution is -0.125. The van der Waals surface area contributed by atoms with Crippen molar-refractivity contribution in [1.82, 2.24) is 0 Å². The fraction of sp³-hybridized carbons (Fsp3) is 0.188. The monoisotopic (exact) mass is 332 g/mol. The largest absolute Gasteiger partial charge is 0.479 e. The second-order valence-electron chi connectivity index (χ2n) is 5.26.